The fourth-order valence-electron chi connectivity index (χ4n) is 3.75. The number of anilines is 2. The second-order valence-corrected chi connectivity index (χ2v) is 6.46. The molecule has 1 saturated carbocycles. The van der Waals surface area contributed by atoms with Gasteiger partial charge in [0.25, 0.3) is 0 Å². The summed E-state index contributed by atoms with van der Waals surface area (Å²) in [5.41, 5.74) is 2.17. The number of benzene rings is 1. The van der Waals surface area contributed by atoms with Crippen molar-refractivity contribution in [1.29, 1.82) is 0 Å². The molecule has 0 atom stereocenters. The van der Waals surface area contributed by atoms with Gasteiger partial charge in [0, 0.05) is 44.0 Å². The molecule has 5 nitrogen and oxygen atoms in total. The van der Waals surface area contributed by atoms with Crippen molar-refractivity contribution in [3.8, 4) is 5.75 Å². The summed E-state index contributed by atoms with van der Waals surface area (Å²) in [5, 5.41) is 6.83. The Hall–Kier alpha value is -1.46. The Bertz CT molecular complexity index is 495. The van der Waals surface area contributed by atoms with Crippen molar-refractivity contribution < 1.29 is 9.47 Å². The maximum Gasteiger partial charge on any atom is 0.143 e. The van der Waals surface area contributed by atoms with Crippen LogP contribution in [0.15, 0.2) is 18.2 Å². The molecule has 2 N–H and O–H groups in total. The van der Waals surface area contributed by atoms with Crippen LogP contribution in [0.2, 0.25) is 0 Å². The first-order chi connectivity index (χ1) is 11.3. The lowest BCUT2D eigenvalue weighted by Gasteiger charge is -2.39. The molecule has 1 aromatic carbocycles. The third-order valence-electron chi connectivity index (χ3n) is 5.10. The third-order valence-corrected chi connectivity index (χ3v) is 5.10. The molecule has 2 fully saturated rings. The summed E-state index contributed by atoms with van der Waals surface area (Å²) in [5.74, 6) is 0.888. The fourth-order valence-corrected chi connectivity index (χ4v) is 3.75. The largest absolute Gasteiger partial charge is 0.495 e. The van der Waals surface area contributed by atoms with Crippen molar-refractivity contribution in [3.63, 3.8) is 0 Å². The molecule has 0 amide bonds. The summed E-state index contributed by atoms with van der Waals surface area (Å²) in [6, 6.07) is 7.60. The minimum atomic E-state index is 0.567. The van der Waals surface area contributed by atoms with Gasteiger partial charge in [-0.3, -0.25) is 4.90 Å². The standard InChI is InChI=1S/C18H29N3O2/c1-19-17-8-5-15(13-18(17)22-2)20-14-3-6-16(7-4-14)21-9-11-23-12-10-21/h5,8,13-14,16,19-20H,3-4,6-7,9-12H2,1-2H3/t14-,16-. The quantitative estimate of drug-likeness (QED) is 0.874. The van der Waals surface area contributed by atoms with Crippen LogP contribution < -0.4 is 15.4 Å². The van der Waals surface area contributed by atoms with E-state index in [1.54, 1.807) is 7.11 Å². The summed E-state index contributed by atoms with van der Waals surface area (Å²) in [6.07, 6.45) is 5.03. The van der Waals surface area contributed by atoms with Crippen LogP contribution in [0.5, 0.6) is 5.75 Å². The van der Waals surface area contributed by atoms with E-state index in [1.165, 1.54) is 25.7 Å². The number of nitrogens with one attached hydrogen (secondary N) is 2. The average Bonchev–Trinajstić information content (AvgIpc) is 2.63. The third kappa shape index (κ3) is 4.09. The number of ether oxygens (including phenoxy) is 2. The predicted molar refractivity (Wildman–Crippen MR) is 94.6 cm³/mol. The normalized spacial score (nSPS) is 25.8. The molecule has 3 rings (SSSR count). The predicted octanol–water partition coefficient (Wildman–Crippen LogP) is 2.79. The summed E-state index contributed by atoms with van der Waals surface area (Å²) in [4.78, 5) is 2.62. The molecule has 2 aliphatic rings. The molecule has 1 aromatic rings. The maximum absolute atomic E-state index is 5.46. The van der Waals surface area contributed by atoms with Crippen LogP contribution in [0.4, 0.5) is 11.4 Å². The minimum Gasteiger partial charge on any atom is -0.495 e. The molecule has 1 heterocycles. The summed E-state index contributed by atoms with van der Waals surface area (Å²) < 4.78 is 10.9. The minimum absolute atomic E-state index is 0.567. The zero-order valence-electron chi connectivity index (χ0n) is 14.3. The van der Waals surface area contributed by atoms with Gasteiger partial charge in [-0.15, -0.1) is 0 Å². The van der Waals surface area contributed by atoms with Gasteiger partial charge in [0.2, 0.25) is 0 Å². The zero-order chi connectivity index (χ0) is 16.1. The van der Waals surface area contributed by atoms with E-state index in [2.05, 4.69) is 33.7 Å². The van der Waals surface area contributed by atoms with Gasteiger partial charge in [0.1, 0.15) is 5.75 Å². The van der Waals surface area contributed by atoms with Crippen molar-refractivity contribution in [2.24, 2.45) is 0 Å². The van der Waals surface area contributed by atoms with E-state index in [1.807, 2.05) is 7.05 Å². The van der Waals surface area contributed by atoms with Crippen LogP contribution in [-0.2, 0) is 4.74 Å². The Kier molecular flexibility index (Phi) is 5.62. The lowest BCUT2D eigenvalue weighted by atomic mass is 9.89. The SMILES string of the molecule is CNc1ccc(N[C@H]2CC[C@H](N3CCOCC3)CC2)cc1OC. The monoisotopic (exact) mass is 319 g/mol. The molecule has 5 heteroatoms. The Morgan fingerprint density at radius 3 is 2.52 bits per heavy atom. The number of methoxy groups -OCH3 is 1. The molecule has 128 valence electrons. The second kappa shape index (κ2) is 7.88. The van der Waals surface area contributed by atoms with Crippen molar-refractivity contribution in [2.75, 3.05) is 51.1 Å². The molecule has 0 unspecified atom stereocenters. The smallest absolute Gasteiger partial charge is 0.143 e. The van der Waals surface area contributed by atoms with Gasteiger partial charge in [-0.05, 0) is 37.8 Å². The molecule has 23 heavy (non-hydrogen) atoms. The maximum atomic E-state index is 5.46. The molecule has 1 saturated heterocycles. The van der Waals surface area contributed by atoms with Crippen LogP contribution in [0.25, 0.3) is 0 Å². The molecular formula is C18H29N3O2. The lowest BCUT2D eigenvalue weighted by Crippen LogP contribution is -2.46. The first-order valence-electron chi connectivity index (χ1n) is 8.74. The second-order valence-electron chi connectivity index (χ2n) is 6.46. The van der Waals surface area contributed by atoms with Crippen molar-refractivity contribution >= 4 is 11.4 Å². The van der Waals surface area contributed by atoms with Gasteiger partial charge >= 0.3 is 0 Å². The Morgan fingerprint density at radius 1 is 1.13 bits per heavy atom. The van der Waals surface area contributed by atoms with Crippen molar-refractivity contribution in [1.82, 2.24) is 4.90 Å². The molecule has 0 bridgehead atoms. The topological polar surface area (TPSA) is 45.8 Å². The first-order valence-corrected chi connectivity index (χ1v) is 8.74. The molecule has 0 radical (unpaired) electrons. The summed E-state index contributed by atoms with van der Waals surface area (Å²) >= 11 is 0. The highest BCUT2D eigenvalue weighted by Gasteiger charge is 2.26. The molecule has 1 aliphatic heterocycles. The number of nitrogens with zero attached hydrogens (tertiary/aromatic N) is 1. The van der Waals surface area contributed by atoms with Gasteiger partial charge in [0.15, 0.2) is 0 Å². The van der Waals surface area contributed by atoms with Gasteiger partial charge < -0.3 is 20.1 Å². The molecular weight excluding hydrogens is 290 g/mol. The van der Waals surface area contributed by atoms with E-state index in [-0.39, 0.29) is 0 Å². The van der Waals surface area contributed by atoms with Crippen LogP contribution in [0.1, 0.15) is 25.7 Å². The number of hydrogen-bond donors (Lipinski definition) is 2. The van der Waals surface area contributed by atoms with E-state index in [4.69, 9.17) is 9.47 Å². The summed E-state index contributed by atoms with van der Waals surface area (Å²) in [7, 11) is 3.63. The zero-order valence-corrected chi connectivity index (χ0v) is 14.3. The highest BCUT2D eigenvalue weighted by molar-refractivity contribution is 5.63. The van der Waals surface area contributed by atoms with Crippen LogP contribution in [0, 0.1) is 0 Å². The molecule has 0 spiro atoms. The number of morpholine rings is 1. The highest BCUT2D eigenvalue weighted by atomic mass is 16.5. The van der Waals surface area contributed by atoms with Crippen LogP contribution >= 0.6 is 0 Å². The molecule has 1 aliphatic carbocycles. The van der Waals surface area contributed by atoms with Crippen LogP contribution in [0.3, 0.4) is 0 Å². The van der Waals surface area contributed by atoms with E-state index in [9.17, 15) is 0 Å². The number of hydrogen-bond acceptors (Lipinski definition) is 5. The first kappa shape index (κ1) is 16.4. The number of rotatable bonds is 5. The van der Waals surface area contributed by atoms with Gasteiger partial charge in [0.05, 0.1) is 26.0 Å². The van der Waals surface area contributed by atoms with E-state index in [0.29, 0.717) is 6.04 Å². The van der Waals surface area contributed by atoms with Crippen molar-refractivity contribution in [3.05, 3.63) is 18.2 Å². The van der Waals surface area contributed by atoms with E-state index in [0.717, 1.165) is 49.5 Å². The van der Waals surface area contributed by atoms with Crippen molar-refractivity contribution in [2.45, 2.75) is 37.8 Å². The lowest BCUT2D eigenvalue weighted by molar-refractivity contribution is 0.00791. The highest BCUT2D eigenvalue weighted by Crippen LogP contribution is 2.30. The van der Waals surface area contributed by atoms with Gasteiger partial charge in [-0.2, -0.15) is 0 Å². The van der Waals surface area contributed by atoms with E-state index < -0.39 is 0 Å². The Morgan fingerprint density at radius 2 is 1.87 bits per heavy atom. The fraction of sp³-hybridized carbons (Fsp3) is 0.667. The van der Waals surface area contributed by atoms with Gasteiger partial charge in [-0.1, -0.05) is 0 Å². The van der Waals surface area contributed by atoms with Gasteiger partial charge in [-0.25, -0.2) is 0 Å². The Balaban J connectivity index is 1.52. The average molecular weight is 319 g/mol. The van der Waals surface area contributed by atoms with E-state index >= 15 is 0 Å². The Labute approximate surface area is 139 Å². The molecule has 0 aromatic heterocycles. The summed E-state index contributed by atoms with van der Waals surface area (Å²) in [6.45, 7) is 4.00. The van der Waals surface area contributed by atoms with Crippen LogP contribution in [-0.4, -0.2) is 57.4 Å².